The molecule has 2 N–H and O–H groups in total. The molecule has 0 spiro atoms. The van der Waals surface area contributed by atoms with E-state index in [0.717, 1.165) is 38.9 Å². The van der Waals surface area contributed by atoms with E-state index in [9.17, 15) is 4.39 Å². The summed E-state index contributed by atoms with van der Waals surface area (Å²) in [6.07, 6.45) is 5.49. The van der Waals surface area contributed by atoms with Gasteiger partial charge in [0.05, 0.1) is 11.7 Å². The summed E-state index contributed by atoms with van der Waals surface area (Å²) in [6.45, 7) is 13.6. The molecule has 2 aliphatic rings. The third kappa shape index (κ3) is 5.42. The van der Waals surface area contributed by atoms with Crippen molar-refractivity contribution in [3.8, 4) is 11.3 Å². The molecule has 1 atom stereocenters. The second-order valence-corrected chi connectivity index (χ2v) is 11.7. The molecule has 0 amide bonds. The van der Waals surface area contributed by atoms with Crippen LogP contribution in [0.4, 0.5) is 20.5 Å². The Morgan fingerprint density at radius 2 is 1.78 bits per heavy atom. The molecule has 2 fully saturated rings. The fraction of sp³-hybridized carbons (Fsp3) is 0.484. The van der Waals surface area contributed by atoms with Crippen molar-refractivity contribution in [2.24, 2.45) is 11.8 Å². The number of aryl methyl sites for hydroxylation is 1. The van der Waals surface area contributed by atoms with Crippen molar-refractivity contribution in [3.05, 3.63) is 59.7 Å². The smallest absolute Gasteiger partial charge is 0.229 e. The Balaban J connectivity index is 1.24. The Labute approximate surface area is 239 Å². The van der Waals surface area contributed by atoms with Crippen molar-refractivity contribution in [1.82, 2.24) is 34.7 Å². The van der Waals surface area contributed by atoms with E-state index in [1.165, 1.54) is 24.5 Å². The summed E-state index contributed by atoms with van der Waals surface area (Å²) in [7, 11) is 0. The highest BCUT2D eigenvalue weighted by molar-refractivity contribution is 5.83. The summed E-state index contributed by atoms with van der Waals surface area (Å²) >= 11 is 0. The van der Waals surface area contributed by atoms with Crippen molar-refractivity contribution in [2.75, 3.05) is 38.0 Å². The van der Waals surface area contributed by atoms with Crippen LogP contribution in [0.5, 0.6) is 0 Å². The van der Waals surface area contributed by atoms with Crippen LogP contribution in [0.3, 0.4) is 0 Å². The van der Waals surface area contributed by atoms with E-state index in [2.05, 4.69) is 48.5 Å². The van der Waals surface area contributed by atoms with Gasteiger partial charge in [-0.25, -0.2) is 28.7 Å². The number of fused-ring (bicyclic) bond motifs is 1. The van der Waals surface area contributed by atoms with E-state index in [1.54, 1.807) is 6.07 Å². The number of likely N-dealkylation sites (tertiary alicyclic amines) is 1. The number of benzene rings is 1. The van der Waals surface area contributed by atoms with Gasteiger partial charge in [0.25, 0.3) is 0 Å². The van der Waals surface area contributed by atoms with Gasteiger partial charge in [0.15, 0.2) is 11.6 Å². The molecule has 1 aromatic carbocycles. The predicted molar refractivity (Wildman–Crippen MR) is 157 cm³/mol. The number of halogens is 2. The monoisotopic (exact) mass is 560 g/mol. The maximum Gasteiger partial charge on any atom is 0.229 e. The quantitative estimate of drug-likeness (QED) is 0.280. The highest BCUT2D eigenvalue weighted by Gasteiger charge is 2.36. The molecule has 3 aromatic heterocycles. The summed E-state index contributed by atoms with van der Waals surface area (Å²) in [5.74, 6) is 2.10. The Morgan fingerprint density at radius 3 is 2.41 bits per heavy atom. The second kappa shape index (κ2) is 11.4. The number of hydrogen-bond acceptors (Lipinski definition) is 7. The fourth-order valence-corrected chi connectivity index (χ4v) is 6.60. The molecule has 6 rings (SSSR count). The number of pyridine rings is 1. The van der Waals surface area contributed by atoms with E-state index in [-0.39, 0.29) is 23.2 Å². The predicted octanol–water partition coefficient (Wildman–Crippen LogP) is 5.83. The molecule has 0 saturated carbocycles. The molecule has 2 saturated heterocycles. The molecule has 0 aliphatic carbocycles. The van der Waals surface area contributed by atoms with Gasteiger partial charge < -0.3 is 20.1 Å². The standard InChI is InChI=1S/C31H38F2N8/c1-5-40-10-8-20(9-11-40)28(23-14-34-15-23)21-6-7-27(35-16-21)38-31-36-17-25(33)29(39-31)22-12-24(32)30-26(13-22)41(18(2)3)19(4)37-30/h6-7,12-13,16-18,20,23,28,34H,5,8-11,14-15H2,1-4H3,(H,35,36,38,39). The van der Waals surface area contributed by atoms with Gasteiger partial charge in [0.2, 0.25) is 5.95 Å². The zero-order valence-electron chi connectivity index (χ0n) is 24.2. The number of rotatable bonds is 8. The number of nitrogens with one attached hydrogen (secondary N) is 2. The van der Waals surface area contributed by atoms with Gasteiger partial charge in [0.1, 0.15) is 22.9 Å². The van der Waals surface area contributed by atoms with Gasteiger partial charge in [-0.3, -0.25) is 0 Å². The highest BCUT2D eigenvalue weighted by Crippen LogP contribution is 2.40. The van der Waals surface area contributed by atoms with Crippen LogP contribution in [0.2, 0.25) is 0 Å². The van der Waals surface area contributed by atoms with Crippen LogP contribution in [0.25, 0.3) is 22.3 Å². The van der Waals surface area contributed by atoms with Crippen molar-refractivity contribution in [3.63, 3.8) is 0 Å². The van der Waals surface area contributed by atoms with Crippen LogP contribution in [0.15, 0.2) is 36.7 Å². The van der Waals surface area contributed by atoms with Gasteiger partial charge in [0, 0.05) is 17.8 Å². The summed E-state index contributed by atoms with van der Waals surface area (Å²) in [4.78, 5) is 20.1. The third-order valence-electron chi connectivity index (χ3n) is 8.78. The van der Waals surface area contributed by atoms with Crippen LogP contribution in [-0.2, 0) is 0 Å². The molecule has 216 valence electrons. The Morgan fingerprint density at radius 1 is 1.00 bits per heavy atom. The average Bonchev–Trinajstić information content (AvgIpc) is 3.29. The van der Waals surface area contributed by atoms with E-state index < -0.39 is 11.6 Å². The number of piperidine rings is 1. The van der Waals surface area contributed by atoms with Gasteiger partial charge in [-0.05, 0) is 108 Å². The van der Waals surface area contributed by atoms with Crippen molar-refractivity contribution in [1.29, 1.82) is 0 Å². The lowest BCUT2D eigenvalue weighted by Crippen LogP contribution is -2.48. The first-order valence-electron chi connectivity index (χ1n) is 14.7. The third-order valence-corrected chi connectivity index (χ3v) is 8.78. The molecule has 2 aliphatic heterocycles. The zero-order valence-corrected chi connectivity index (χ0v) is 24.2. The van der Waals surface area contributed by atoms with Crippen molar-refractivity contribution < 1.29 is 8.78 Å². The minimum atomic E-state index is -0.629. The van der Waals surface area contributed by atoms with Crippen molar-refractivity contribution in [2.45, 2.75) is 52.5 Å². The van der Waals surface area contributed by atoms with Gasteiger partial charge >= 0.3 is 0 Å². The summed E-state index contributed by atoms with van der Waals surface area (Å²) < 4.78 is 31.9. The maximum absolute atomic E-state index is 15.1. The molecule has 41 heavy (non-hydrogen) atoms. The number of anilines is 2. The fourth-order valence-electron chi connectivity index (χ4n) is 6.60. The van der Waals surface area contributed by atoms with Gasteiger partial charge in [-0.2, -0.15) is 0 Å². The Hall–Kier alpha value is -3.50. The highest BCUT2D eigenvalue weighted by atomic mass is 19.1. The lowest BCUT2D eigenvalue weighted by atomic mass is 9.71. The van der Waals surface area contributed by atoms with Gasteiger partial charge in [-0.1, -0.05) is 13.0 Å². The maximum atomic E-state index is 15.1. The molecule has 1 unspecified atom stereocenters. The van der Waals surface area contributed by atoms with Crippen LogP contribution >= 0.6 is 0 Å². The molecule has 5 heterocycles. The first kappa shape index (κ1) is 27.7. The first-order chi connectivity index (χ1) is 19.8. The van der Waals surface area contributed by atoms with Gasteiger partial charge in [-0.15, -0.1) is 0 Å². The van der Waals surface area contributed by atoms with E-state index >= 15 is 4.39 Å². The molecule has 0 radical (unpaired) electrons. The van der Waals surface area contributed by atoms with Crippen molar-refractivity contribution >= 4 is 22.8 Å². The number of hydrogen-bond donors (Lipinski definition) is 2. The molecule has 10 heteroatoms. The lowest BCUT2D eigenvalue weighted by Gasteiger charge is -2.43. The van der Waals surface area contributed by atoms with Crippen LogP contribution in [0.1, 0.15) is 57.0 Å². The lowest BCUT2D eigenvalue weighted by molar-refractivity contribution is 0.137. The normalized spacial score (nSPS) is 17.7. The van der Waals surface area contributed by atoms with Crippen LogP contribution in [-0.4, -0.2) is 62.1 Å². The van der Waals surface area contributed by atoms with Crippen LogP contribution < -0.4 is 10.6 Å². The number of nitrogens with zero attached hydrogens (tertiary/aromatic N) is 6. The Bertz CT molecular complexity index is 1520. The second-order valence-electron chi connectivity index (χ2n) is 11.7. The SMILES string of the molecule is CCN1CCC(C(c2ccc(Nc3ncc(F)c(-c4cc(F)c5nc(C)n(C(C)C)c5c4)n3)nc2)C2CNC2)CC1. The van der Waals surface area contributed by atoms with Crippen LogP contribution in [0, 0.1) is 30.4 Å². The minimum absolute atomic E-state index is 0.0186. The number of imidazole rings is 1. The largest absolute Gasteiger partial charge is 0.326 e. The Kier molecular flexibility index (Phi) is 7.70. The van der Waals surface area contributed by atoms with E-state index in [0.29, 0.717) is 40.5 Å². The minimum Gasteiger partial charge on any atom is -0.326 e. The molecular weight excluding hydrogens is 522 g/mol. The summed E-state index contributed by atoms with van der Waals surface area (Å²) in [5, 5.41) is 6.55. The summed E-state index contributed by atoms with van der Waals surface area (Å²) in [5.41, 5.74) is 2.48. The average molecular weight is 561 g/mol. The topological polar surface area (TPSA) is 83.8 Å². The number of aromatic nitrogens is 5. The van der Waals surface area contributed by atoms with E-state index in [4.69, 9.17) is 0 Å². The molecule has 8 nitrogen and oxygen atoms in total. The van der Waals surface area contributed by atoms with E-state index in [1.807, 2.05) is 37.6 Å². The molecule has 0 bridgehead atoms. The zero-order chi connectivity index (χ0) is 28.7. The molecular formula is C31H38F2N8. The summed E-state index contributed by atoms with van der Waals surface area (Å²) in [6, 6.07) is 7.18. The molecule has 4 aromatic rings. The first-order valence-corrected chi connectivity index (χ1v) is 14.7.